The molecule has 1 aliphatic heterocycles. The van der Waals surface area contributed by atoms with E-state index in [4.69, 9.17) is 4.74 Å². The summed E-state index contributed by atoms with van der Waals surface area (Å²) in [4.78, 5) is 2.77. The quantitative estimate of drug-likeness (QED) is 0.730. The maximum absolute atomic E-state index is 5.81. The van der Waals surface area contributed by atoms with E-state index in [1.165, 1.54) is 77.4 Å². The van der Waals surface area contributed by atoms with Crippen molar-refractivity contribution in [1.29, 1.82) is 0 Å². The molecule has 1 unspecified atom stereocenters. The molecule has 1 heterocycles. The molecule has 3 fully saturated rings. The van der Waals surface area contributed by atoms with Gasteiger partial charge in [-0.05, 0) is 44.4 Å². The lowest BCUT2D eigenvalue weighted by molar-refractivity contribution is 0.0426. The molecule has 0 bridgehead atoms. The van der Waals surface area contributed by atoms with Crippen LogP contribution < -0.4 is 5.32 Å². The molecule has 2 saturated carbocycles. The molecule has 1 saturated heterocycles. The van der Waals surface area contributed by atoms with Crippen LogP contribution in [-0.2, 0) is 4.74 Å². The van der Waals surface area contributed by atoms with Crippen LogP contribution in [0.4, 0.5) is 0 Å². The largest absolute Gasteiger partial charge is 0.381 e. The second-order valence-electron chi connectivity index (χ2n) is 7.63. The van der Waals surface area contributed by atoms with E-state index >= 15 is 0 Å². The third-order valence-electron chi connectivity index (χ3n) is 5.80. The molecule has 21 heavy (non-hydrogen) atoms. The van der Waals surface area contributed by atoms with Crippen LogP contribution in [0.2, 0.25) is 0 Å². The van der Waals surface area contributed by atoms with Crippen LogP contribution in [0.15, 0.2) is 0 Å². The minimum Gasteiger partial charge on any atom is -0.381 e. The van der Waals surface area contributed by atoms with Gasteiger partial charge in [-0.3, -0.25) is 4.90 Å². The maximum atomic E-state index is 5.81. The first kappa shape index (κ1) is 15.8. The summed E-state index contributed by atoms with van der Waals surface area (Å²) in [5, 5.41) is 3.92. The third-order valence-corrected chi connectivity index (χ3v) is 5.80. The van der Waals surface area contributed by atoms with Crippen molar-refractivity contribution in [3.8, 4) is 0 Å². The summed E-state index contributed by atoms with van der Waals surface area (Å²) in [5.74, 6) is 0.901. The van der Waals surface area contributed by atoms with Crippen LogP contribution in [0.1, 0.15) is 64.7 Å². The maximum Gasteiger partial charge on any atom is 0.0494 e. The number of ether oxygens (including phenoxy) is 1. The molecule has 1 N–H and O–H groups in total. The van der Waals surface area contributed by atoms with Crippen molar-refractivity contribution in [1.82, 2.24) is 10.2 Å². The Labute approximate surface area is 130 Å². The number of hydrogen-bond acceptors (Lipinski definition) is 3. The highest BCUT2D eigenvalue weighted by molar-refractivity contribution is 4.99. The van der Waals surface area contributed by atoms with Gasteiger partial charge in [0, 0.05) is 44.4 Å². The molecule has 0 aromatic heterocycles. The topological polar surface area (TPSA) is 24.5 Å². The van der Waals surface area contributed by atoms with Gasteiger partial charge >= 0.3 is 0 Å². The zero-order valence-electron chi connectivity index (χ0n) is 13.9. The normalized spacial score (nSPS) is 29.9. The van der Waals surface area contributed by atoms with E-state index in [9.17, 15) is 0 Å². The van der Waals surface area contributed by atoms with Crippen molar-refractivity contribution in [3.05, 3.63) is 0 Å². The zero-order chi connectivity index (χ0) is 14.5. The molecule has 1 atom stereocenters. The van der Waals surface area contributed by atoms with Gasteiger partial charge in [0.15, 0.2) is 0 Å². The molecule has 3 aliphatic rings. The highest BCUT2D eigenvalue weighted by atomic mass is 16.5. The Hall–Kier alpha value is -0.120. The molecule has 0 radical (unpaired) electrons. The van der Waals surface area contributed by atoms with Crippen molar-refractivity contribution in [2.45, 2.75) is 76.3 Å². The van der Waals surface area contributed by atoms with Crippen molar-refractivity contribution in [2.75, 3.05) is 32.8 Å². The van der Waals surface area contributed by atoms with Gasteiger partial charge in [0.05, 0.1) is 0 Å². The highest BCUT2D eigenvalue weighted by Crippen LogP contribution is 2.32. The fraction of sp³-hybridized carbons (Fsp3) is 1.00. The average molecular weight is 294 g/mol. The average Bonchev–Trinajstić information content (AvgIpc) is 3.32. The number of hydrogen-bond donors (Lipinski definition) is 1. The van der Waals surface area contributed by atoms with Crippen molar-refractivity contribution in [3.63, 3.8) is 0 Å². The number of nitrogens with zero attached hydrogens (tertiary/aromatic N) is 1. The first-order valence-electron chi connectivity index (χ1n) is 9.38. The van der Waals surface area contributed by atoms with Gasteiger partial charge in [0.2, 0.25) is 0 Å². The zero-order valence-corrected chi connectivity index (χ0v) is 13.9. The predicted octanol–water partition coefficient (Wildman–Crippen LogP) is 3.19. The van der Waals surface area contributed by atoms with Crippen molar-refractivity contribution in [2.24, 2.45) is 5.92 Å². The number of nitrogens with one attached hydrogen (secondary N) is 1. The van der Waals surface area contributed by atoms with Gasteiger partial charge in [-0.1, -0.05) is 26.2 Å². The fourth-order valence-corrected chi connectivity index (χ4v) is 4.17. The summed E-state index contributed by atoms with van der Waals surface area (Å²) in [7, 11) is 0. The third kappa shape index (κ3) is 4.43. The van der Waals surface area contributed by atoms with Crippen LogP contribution in [-0.4, -0.2) is 49.3 Å². The Kier molecular flexibility index (Phi) is 5.58. The summed E-state index contributed by atoms with van der Waals surface area (Å²) in [6, 6.07) is 0.737. The molecular weight excluding hydrogens is 260 g/mol. The molecular formula is C18H34N2O. The summed E-state index contributed by atoms with van der Waals surface area (Å²) in [6.45, 7) is 8.01. The van der Waals surface area contributed by atoms with Crippen LogP contribution in [0, 0.1) is 5.92 Å². The summed E-state index contributed by atoms with van der Waals surface area (Å²) < 4.78 is 5.81. The smallest absolute Gasteiger partial charge is 0.0494 e. The molecule has 3 heteroatoms. The van der Waals surface area contributed by atoms with E-state index in [0.717, 1.165) is 25.2 Å². The predicted molar refractivity (Wildman–Crippen MR) is 87.6 cm³/mol. The lowest BCUT2D eigenvalue weighted by Gasteiger charge is -2.49. The van der Waals surface area contributed by atoms with Gasteiger partial charge in [-0.15, -0.1) is 0 Å². The van der Waals surface area contributed by atoms with Gasteiger partial charge in [0.1, 0.15) is 0 Å². The Balaban J connectivity index is 1.42. The first-order chi connectivity index (χ1) is 10.3. The van der Waals surface area contributed by atoms with Gasteiger partial charge < -0.3 is 10.1 Å². The van der Waals surface area contributed by atoms with Gasteiger partial charge in [-0.25, -0.2) is 0 Å². The molecule has 2 aliphatic carbocycles. The summed E-state index contributed by atoms with van der Waals surface area (Å²) in [5.41, 5.74) is 0.443. The molecule has 0 amide bonds. The van der Waals surface area contributed by atoms with E-state index in [2.05, 4.69) is 17.1 Å². The van der Waals surface area contributed by atoms with Crippen LogP contribution in [0.25, 0.3) is 0 Å². The molecule has 122 valence electrons. The van der Waals surface area contributed by atoms with Crippen molar-refractivity contribution < 1.29 is 4.74 Å². The second-order valence-corrected chi connectivity index (χ2v) is 7.63. The number of rotatable bonds is 7. The Bertz CT molecular complexity index is 310. The summed E-state index contributed by atoms with van der Waals surface area (Å²) >= 11 is 0. The lowest BCUT2D eigenvalue weighted by Crippen LogP contribution is -2.64. The summed E-state index contributed by atoms with van der Waals surface area (Å²) in [6.07, 6.45) is 12.3. The fourth-order valence-electron chi connectivity index (χ4n) is 4.17. The molecule has 3 nitrogen and oxygen atoms in total. The van der Waals surface area contributed by atoms with E-state index in [-0.39, 0.29) is 0 Å². The monoisotopic (exact) mass is 294 g/mol. The van der Waals surface area contributed by atoms with Crippen LogP contribution in [0.5, 0.6) is 0 Å². The minimum absolute atomic E-state index is 0.443. The van der Waals surface area contributed by atoms with E-state index < -0.39 is 0 Å². The highest BCUT2D eigenvalue weighted by Gasteiger charge is 2.38. The van der Waals surface area contributed by atoms with E-state index in [1.807, 2.05) is 0 Å². The number of piperazine rings is 1. The van der Waals surface area contributed by atoms with Crippen molar-refractivity contribution >= 4 is 0 Å². The van der Waals surface area contributed by atoms with Crippen LogP contribution >= 0.6 is 0 Å². The molecule has 0 aromatic carbocycles. The van der Waals surface area contributed by atoms with Crippen LogP contribution in [0.3, 0.4) is 0 Å². The molecule has 3 rings (SSSR count). The van der Waals surface area contributed by atoms with E-state index in [0.29, 0.717) is 5.54 Å². The minimum atomic E-state index is 0.443. The van der Waals surface area contributed by atoms with Gasteiger partial charge in [0.25, 0.3) is 0 Å². The Morgan fingerprint density at radius 1 is 1.19 bits per heavy atom. The van der Waals surface area contributed by atoms with E-state index in [1.54, 1.807) is 0 Å². The van der Waals surface area contributed by atoms with Gasteiger partial charge in [-0.2, -0.15) is 0 Å². The first-order valence-corrected chi connectivity index (χ1v) is 9.38. The Morgan fingerprint density at radius 3 is 2.71 bits per heavy atom. The lowest BCUT2D eigenvalue weighted by atomic mass is 9.79. The Morgan fingerprint density at radius 2 is 2.00 bits per heavy atom. The molecule has 0 aromatic rings. The standard InChI is InChI=1S/C18H34N2O/c1-2-17-13-19-18(9-4-3-5-10-18)15-20(17)11-6-12-21-14-16-7-8-16/h16-17,19H,2-15H2,1H3. The SMILES string of the molecule is CCC1CNC2(CCCCC2)CN1CCCOCC1CC1. The molecule has 1 spiro atoms. The second kappa shape index (κ2) is 7.43.